The third-order valence-corrected chi connectivity index (χ3v) is 2.99. The number of rotatable bonds is 2. The first kappa shape index (κ1) is 14.8. The van der Waals surface area contributed by atoms with Crippen molar-refractivity contribution in [2.75, 3.05) is 12.8 Å². The first-order valence-electron chi connectivity index (χ1n) is 6.03. The Morgan fingerprint density at radius 2 is 2.05 bits per heavy atom. The number of aliphatic hydroxyl groups excluding tert-OH is 1. The number of anilines is 1. The number of aromatic nitrogens is 4. The zero-order chi connectivity index (χ0) is 15.7. The summed E-state index contributed by atoms with van der Waals surface area (Å²) < 4.78 is 1.06. The topological polar surface area (TPSA) is 153 Å². The van der Waals surface area contributed by atoms with Crippen LogP contribution < -0.4 is 11.5 Å². The summed E-state index contributed by atoms with van der Waals surface area (Å²) >= 11 is 0. The van der Waals surface area contributed by atoms with Gasteiger partial charge < -0.3 is 16.6 Å². The largest absolute Gasteiger partial charge is 0.391 e. The van der Waals surface area contributed by atoms with Crippen LogP contribution in [0.1, 0.15) is 6.92 Å². The molecule has 2 aromatic heterocycles. The van der Waals surface area contributed by atoms with E-state index in [0.29, 0.717) is 0 Å². The number of hydrogen-bond acceptors (Lipinski definition) is 8. The van der Waals surface area contributed by atoms with Crippen molar-refractivity contribution in [1.82, 2.24) is 24.4 Å². The lowest BCUT2D eigenvalue weighted by atomic mass is 10.2. The van der Waals surface area contributed by atoms with Gasteiger partial charge in [-0.05, 0) is 6.92 Å². The summed E-state index contributed by atoms with van der Waals surface area (Å²) in [5.41, 5.74) is 11.6. The number of nitrogens with two attached hydrogens (primary N) is 2. The van der Waals surface area contributed by atoms with Gasteiger partial charge in [0, 0.05) is 7.05 Å². The standard InChI is InChI=1S/C11H15N7O3/c1-5(19)6(12)10(20)17(2)11(21)18-4-16-7-8(13)14-3-15-9(7)18/h3-6,19H,12H2,1-2H3,(H2,13,14,15)/t5-,6+/m1/s1. The van der Waals surface area contributed by atoms with Crippen LogP contribution in [0.2, 0.25) is 0 Å². The van der Waals surface area contributed by atoms with Crippen molar-refractivity contribution in [2.45, 2.75) is 19.1 Å². The molecule has 0 saturated carbocycles. The van der Waals surface area contributed by atoms with Gasteiger partial charge in [-0.1, -0.05) is 0 Å². The van der Waals surface area contributed by atoms with E-state index in [1.54, 1.807) is 0 Å². The summed E-state index contributed by atoms with van der Waals surface area (Å²) in [5, 5.41) is 9.32. The van der Waals surface area contributed by atoms with E-state index in [9.17, 15) is 14.7 Å². The van der Waals surface area contributed by atoms with E-state index in [0.717, 1.165) is 9.47 Å². The fraction of sp³-hybridized carbons (Fsp3) is 0.364. The molecule has 0 spiro atoms. The molecule has 5 N–H and O–H groups in total. The van der Waals surface area contributed by atoms with Crippen LogP contribution in [-0.2, 0) is 4.79 Å². The second-order valence-corrected chi connectivity index (χ2v) is 4.49. The smallest absolute Gasteiger partial charge is 0.337 e. The maximum atomic E-state index is 12.3. The lowest BCUT2D eigenvalue weighted by molar-refractivity contribution is -0.130. The average molecular weight is 293 g/mol. The molecular weight excluding hydrogens is 278 g/mol. The Hall–Kier alpha value is -2.59. The predicted molar refractivity (Wildman–Crippen MR) is 73.0 cm³/mol. The lowest BCUT2D eigenvalue weighted by Crippen LogP contribution is -2.50. The molecule has 0 saturated heterocycles. The van der Waals surface area contributed by atoms with Gasteiger partial charge in [-0.3, -0.25) is 9.69 Å². The van der Waals surface area contributed by atoms with Gasteiger partial charge in [-0.25, -0.2) is 24.3 Å². The third-order valence-electron chi connectivity index (χ3n) is 2.99. The second-order valence-electron chi connectivity index (χ2n) is 4.49. The van der Waals surface area contributed by atoms with Crippen molar-refractivity contribution in [1.29, 1.82) is 0 Å². The number of hydrogen-bond donors (Lipinski definition) is 3. The molecule has 0 aliphatic carbocycles. The first-order chi connectivity index (χ1) is 9.84. The molecule has 2 heterocycles. The third kappa shape index (κ3) is 2.53. The number of amides is 2. The minimum absolute atomic E-state index is 0.126. The molecule has 0 aliphatic heterocycles. The molecule has 0 fully saturated rings. The van der Waals surface area contributed by atoms with E-state index in [1.165, 1.54) is 26.6 Å². The Morgan fingerprint density at radius 1 is 1.38 bits per heavy atom. The number of carbonyl (C=O) groups excluding carboxylic acids is 2. The second kappa shape index (κ2) is 5.42. The highest BCUT2D eigenvalue weighted by Gasteiger charge is 2.28. The van der Waals surface area contributed by atoms with Gasteiger partial charge in [0.25, 0.3) is 0 Å². The highest BCUT2D eigenvalue weighted by Crippen LogP contribution is 2.14. The van der Waals surface area contributed by atoms with Gasteiger partial charge >= 0.3 is 6.03 Å². The summed E-state index contributed by atoms with van der Waals surface area (Å²) in [6.07, 6.45) is 1.30. The van der Waals surface area contributed by atoms with Crippen molar-refractivity contribution in [2.24, 2.45) is 5.73 Å². The maximum Gasteiger partial charge on any atom is 0.337 e. The van der Waals surface area contributed by atoms with Crippen LogP contribution in [0.5, 0.6) is 0 Å². The first-order valence-corrected chi connectivity index (χ1v) is 6.03. The van der Waals surface area contributed by atoms with Crippen molar-refractivity contribution >= 4 is 28.9 Å². The molecule has 10 heteroatoms. The summed E-state index contributed by atoms with van der Waals surface area (Å²) in [4.78, 5) is 36.6. The van der Waals surface area contributed by atoms with Gasteiger partial charge in [-0.15, -0.1) is 0 Å². The van der Waals surface area contributed by atoms with Crippen LogP contribution in [-0.4, -0.2) is 60.7 Å². The highest BCUT2D eigenvalue weighted by molar-refractivity contribution is 6.00. The van der Waals surface area contributed by atoms with Gasteiger partial charge in [0.2, 0.25) is 5.91 Å². The molecule has 0 unspecified atom stereocenters. The quantitative estimate of drug-likeness (QED) is 0.607. The molecule has 2 aromatic rings. The Morgan fingerprint density at radius 3 is 2.67 bits per heavy atom. The molecule has 2 rings (SSSR count). The average Bonchev–Trinajstić information content (AvgIpc) is 2.89. The Kier molecular flexibility index (Phi) is 3.82. The van der Waals surface area contributed by atoms with E-state index in [2.05, 4.69) is 15.0 Å². The van der Waals surface area contributed by atoms with Crippen molar-refractivity contribution < 1.29 is 14.7 Å². The van der Waals surface area contributed by atoms with Crippen molar-refractivity contribution in [3.63, 3.8) is 0 Å². The number of aliphatic hydroxyl groups is 1. The number of nitrogens with zero attached hydrogens (tertiary/aromatic N) is 5. The fourth-order valence-corrected chi connectivity index (χ4v) is 1.68. The Balaban J connectivity index is 2.34. The number of imide groups is 1. The zero-order valence-corrected chi connectivity index (χ0v) is 11.5. The lowest BCUT2D eigenvalue weighted by Gasteiger charge is -2.21. The minimum Gasteiger partial charge on any atom is -0.391 e. The summed E-state index contributed by atoms with van der Waals surface area (Å²) in [6.45, 7) is 1.36. The summed E-state index contributed by atoms with van der Waals surface area (Å²) in [6, 6.07) is -1.91. The Bertz CT molecular complexity index is 696. The van der Waals surface area contributed by atoms with Crippen molar-refractivity contribution in [3.05, 3.63) is 12.7 Å². The van der Waals surface area contributed by atoms with Crippen LogP contribution in [0.4, 0.5) is 10.6 Å². The normalized spacial score (nSPS) is 13.9. The molecule has 0 aliphatic rings. The van der Waals surface area contributed by atoms with Crippen LogP contribution in [0.25, 0.3) is 11.2 Å². The van der Waals surface area contributed by atoms with Gasteiger partial charge in [-0.2, -0.15) is 0 Å². The van der Waals surface area contributed by atoms with Crippen LogP contribution >= 0.6 is 0 Å². The van der Waals surface area contributed by atoms with Gasteiger partial charge in [0.05, 0.1) is 6.10 Å². The Labute approximate surface area is 119 Å². The zero-order valence-electron chi connectivity index (χ0n) is 11.5. The SMILES string of the molecule is C[C@@H](O)[C@H](N)C(=O)N(C)C(=O)n1cnc2c(N)ncnc21. The molecule has 0 radical (unpaired) electrons. The fourth-order valence-electron chi connectivity index (χ4n) is 1.68. The molecule has 0 bridgehead atoms. The molecule has 10 nitrogen and oxygen atoms in total. The van der Waals surface area contributed by atoms with Gasteiger partial charge in [0.15, 0.2) is 17.0 Å². The van der Waals surface area contributed by atoms with Gasteiger partial charge in [0.1, 0.15) is 18.7 Å². The van der Waals surface area contributed by atoms with Crippen LogP contribution in [0.15, 0.2) is 12.7 Å². The predicted octanol–water partition coefficient (Wildman–Crippen LogP) is -1.46. The van der Waals surface area contributed by atoms with E-state index < -0.39 is 24.1 Å². The number of likely N-dealkylation sites (N-methyl/N-ethyl adjacent to an activating group) is 1. The van der Waals surface area contributed by atoms with Crippen LogP contribution in [0, 0.1) is 0 Å². The monoisotopic (exact) mass is 293 g/mol. The molecule has 2 amide bonds. The van der Waals surface area contributed by atoms with Crippen LogP contribution in [0.3, 0.4) is 0 Å². The number of imidazole rings is 1. The van der Waals surface area contributed by atoms with E-state index in [1.807, 2.05) is 0 Å². The number of fused-ring (bicyclic) bond motifs is 1. The summed E-state index contributed by atoms with van der Waals surface area (Å²) in [5.74, 6) is -0.597. The molecular formula is C11H15N7O3. The molecule has 112 valence electrons. The number of nitrogen functional groups attached to an aromatic ring is 1. The highest BCUT2D eigenvalue weighted by atomic mass is 16.3. The maximum absolute atomic E-state index is 12.3. The molecule has 0 aromatic carbocycles. The van der Waals surface area contributed by atoms with E-state index in [4.69, 9.17) is 11.5 Å². The van der Waals surface area contributed by atoms with Crippen molar-refractivity contribution in [3.8, 4) is 0 Å². The summed E-state index contributed by atoms with van der Waals surface area (Å²) in [7, 11) is 1.25. The minimum atomic E-state index is -1.20. The van der Waals surface area contributed by atoms with E-state index in [-0.39, 0.29) is 17.0 Å². The number of carbonyl (C=O) groups is 2. The van der Waals surface area contributed by atoms with E-state index >= 15 is 0 Å². The molecule has 21 heavy (non-hydrogen) atoms. The molecule has 2 atom stereocenters.